The Bertz CT molecular complexity index is 704. The number of hydrazine groups is 1. The summed E-state index contributed by atoms with van der Waals surface area (Å²) in [5.74, 6) is -3.46. The highest BCUT2D eigenvalue weighted by Gasteiger charge is 2.38. The van der Waals surface area contributed by atoms with Gasteiger partial charge in [-0.15, -0.1) is 0 Å². The number of rotatable bonds is 6. The zero-order valence-corrected chi connectivity index (χ0v) is 15.8. The van der Waals surface area contributed by atoms with E-state index >= 15 is 0 Å². The second kappa shape index (κ2) is 11.8. The summed E-state index contributed by atoms with van der Waals surface area (Å²) in [6.07, 6.45) is -7.88. The number of amides is 3. The summed E-state index contributed by atoms with van der Waals surface area (Å²) in [5.41, 5.74) is 3.09. The standard InChI is InChI=1S/C12H19F3N6O2.C2HF3O2/c1-20(2)6-3-5-16-11(23)18-17-10(22)8-21-7-4-9(19-21)12(13,14)15;3-2(4,5)1(6)7/h4,7H,3,5-6,8H2,1-2H3,(H,17,22)(H2,16,18,23);(H,6,7). The van der Waals surface area contributed by atoms with Crippen molar-refractivity contribution in [3.8, 4) is 0 Å². The molecule has 0 fully saturated rings. The lowest BCUT2D eigenvalue weighted by Gasteiger charge is -2.11. The SMILES string of the molecule is CN(C)CCCNC(=O)NNC(=O)Cn1ccc(C(F)(F)F)n1.O=C(O)C(F)(F)F. The van der Waals surface area contributed by atoms with Crippen molar-refractivity contribution in [1.82, 2.24) is 30.8 Å². The zero-order valence-electron chi connectivity index (χ0n) is 15.8. The van der Waals surface area contributed by atoms with E-state index in [9.17, 15) is 35.9 Å². The molecule has 10 nitrogen and oxygen atoms in total. The smallest absolute Gasteiger partial charge is 0.475 e. The quantitative estimate of drug-likeness (QED) is 0.289. The highest BCUT2D eigenvalue weighted by molar-refractivity contribution is 5.80. The topological polar surface area (TPSA) is 129 Å². The van der Waals surface area contributed by atoms with Gasteiger partial charge in [0.15, 0.2) is 5.69 Å². The van der Waals surface area contributed by atoms with Gasteiger partial charge in [0.1, 0.15) is 6.54 Å². The Morgan fingerprint density at radius 3 is 2.13 bits per heavy atom. The van der Waals surface area contributed by atoms with Crippen LogP contribution in [0.15, 0.2) is 12.3 Å². The van der Waals surface area contributed by atoms with Crippen LogP contribution in [0.25, 0.3) is 0 Å². The van der Waals surface area contributed by atoms with E-state index in [0.29, 0.717) is 6.54 Å². The third-order valence-electron chi connectivity index (χ3n) is 2.86. The maximum Gasteiger partial charge on any atom is 0.490 e. The van der Waals surface area contributed by atoms with Crippen LogP contribution in [0.2, 0.25) is 0 Å². The van der Waals surface area contributed by atoms with Crippen LogP contribution in [-0.4, -0.2) is 71.1 Å². The number of aromatic nitrogens is 2. The highest BCUT2D eigenvalue weighted by atomic mass is 19.4. The molecule has 0 saturated carbocycles. The summed E-state index contributed by atoms with van der Waals surface area (Å²) < 4.78 is 69.6. The molecule has 1 rings (SSSR count). The Labute approximate surface area is 166 Å². The van der Waals surface area contributed by atoms with Crippen molar-refractivity contribution >= 4 is 17.9 Å². The van der Waals surface area contributed by atoms with Crippen LogP contribution in [0.3, 0.4) is 0 Å². The molecule has 3 amide bonds. The fraction of sp³-hybridized carbons (Fsp3) is 0.571. The highest BCUT2D eigenvalue weighted by Crippen LogP contribution is 2.27. The second-order valence-corrected chi connectivity index (χ2v) is 5.79. The third-order valence-corrected chi connectivity index (χ3v) is 2.86. The van der Waals surface area contributed by atoms with Gasteiger partial charge in [0.2, 0.25) is 0 Å². The monoisotopic (exact) mass is 450 g/mol. The molecule has 16 heteroatoms. The van der Waals surface area contributed by atoms with Crippen molar-refractivity contribution < 1.29 is 45.8 Å². The van der Waals surface area contributed by atoms with E-state index in [2.05, 4.69) is 21.3 Å². The Hall–Kier alpha value is -3.04. The number of hydrogen-bond acceptors (Lipinski definition) is 5. The first-order chi connectivity index (χ1) is 13.6. The van der Waals surface area contributed by atoms with Crippen molar-refractivity contribution in [2.45, 2.75) is 25.3 Å². The number of hydrogen-bond donors (Lipinski definition) is 4. The van der Waals surface area contributed by atoms with Crippen LogP contribution in [0.4, 0.5) is 31.1 Å². The van der Waals surface area contributed by atoms with Gasteiger partial charge in [-0.2, -0.15) is 31.4 Å². The number of urea groups is 1. The largest absolute Gasteiger partial charge is 0.490 e. The lowest BCUT2D eigenvalue weighted by atomic mass is 10.4. The predicted octanol–water partition coefficient (Wildman–Crippen LogP) is 0.817. The number of nitrogens with one attached hydrogen (secondary N) is 3. The van der Waals surface area contributed by atoms with Gasteiger partial charge in [-0.05, 0) is 33.1 Å². The third kappa shape index (κ3) is 12.4. The molecule has 1 aromatic heterocycles. The minimum atomic E-state index is -5.08. The number of carbonyl (C=O) groups is 3. The molecule has 4 N–H and O–H groups in total. The molecule has 0 bridgehead atoms. The first kappa shape index (κ1) is 27.0. The maximum absolute atomic E-state index is 12.3. The van der Waals surface area contributed by atoms with Crippen molar-refractivity contribution in [3.63, 3.8) is 0 Å². The summed E-state index contributed by atoms with van der Waals surface area (Å²) in [6.45, 7) is 0.776. The molecular formula is C14H20F6N6O4. The second-order valence-electron chi connectivity index (χ2n) is 5.79. The zero-order chi connectivity index (χ0) is 23.5. The number of aliphatic carboxylic acids is 1. The number of carboxylic acid groups (broad SMARTS) is 1. The van der Waals surface area contributed by atoms with Gasteiger partial charge in [-0.1, -0.05) is 0 Å². The number of halogens is 6. The van der Waals surface area contributed by atoms with Gasteiger partial charge in [-0.25, -0.2) is 15.0 Å². The minimum Gasteiger partial charge on any atom is -0.475 e. The van der Waals surface area contributed by atoms with E-state index in [4.69, 9.17) is 9.90 Å². The molecule has 0 aliphatic carbocycles. The minimum absolute atomic E-state index is 0.425. The molecular weight excluding hydrogens is 430 g/mol. The van der Waals surface area contributed by atoms with Gasteiger partial charge in [0, 0.05) is 12.7 Å². The van der Waals surface area contributed by atoms with Crippen LogP contribution >= 0.6 is 0 Å². The van der Waals surface area contributed by atoms with E-state index in [0.717, 1.165) is 29.9 Å². The number of carboxylic acids is 1. The Balaban J connectivity index is 0.00000103. The summed E-state index contributed by atoms with van der Waals surface area (Å²) >= 11 is 0. The van der Waals surface area contributed by atoms with Crippen molar-refractivity contribution in [2.75, 3.05) is 27.2 Å². The van der Waals surface area contributed by atoms with E-state index in [-0.39, 0.29) is 0 Å². The average Bonchev–Trinajstić information content (AvgIpc) is 3.05. The van der Waals surface area contributed by atoms with Gasteiger partial charge in [0.25, 0.3) is 5.91 Å². The van der Waals surface area contributed by atoms with E-state index < -0.39 is 42.5 Å². The lowest BCUT2D eigenvalue weighted by molar-refractivity contribution is -0.192. The summed E-state index contributed by atoms with van der Waals surface area (Å²) in [5, 5.41) is 12.9. The van der Waals surface area contributed by atoms with Crippen LogP contribution < -0.4 is 16.2 Å². The number of alkyl halides is 6. The average molecular weight is 450 g/mol. The lowest BCUT2D eigenvalue weighted by Crippen LogP contribution is -2.48. The van der Waals surface area contributed by atoms with E-state index in [1.807, 2.05) is 19.0 Å². The molecule has 0 unspecified atom stereocenters. The fourth-order valence-corrected chi connectivity index (χ4v) is 1.56. The molecule has 0 aromatic carbocycles. The van der Waals surface area contributed by atoms with Gasteiger partial charge >= 0.3 is 24.4 Å². The van der Waals surface area contributed by atoms with Crippen molar-refractivity contribution in [1.29, 1.82) is 0 Å². The molecule has 0 aliphatic rings. The Morgan fingerprint density at radius 2 is 1.70 bits per heavy atom. The molecule has 172 valence electrons. The molecule has 1 aromatic rings. The first-order valence-corrected chi connectivity index (χ1v) is 8.01. The van der Waals surface area contributed by atoms with Crippen LogP contribution in [0, 0.1) is 0 Å². The predicted molar refractivity (Wildman–Crippen MR) is 88.8 cm³/mol. The first-order valence-electron chi connectivity index (χ1n) is 8.01. The summed E-state index contributed by atoms with van der Waals surface area (Å²) in [6, 6.07) is 0.159. The molecule has 30 heavy (non-hydrogen) atoms. The van der Waals surface area contributed by atoms with Crippen molar-refractivity contribution in [3.05, 3.63) is 18.0 Å². The maximum atomic E-state index is 12.3. The van der Waals surface area contributed by atoms with E-state index in [1.54, 1.807) is 0 Å². The van der Waals surface area contributed by atoms with Crippen LogP contribution in [-0.2, 0) is 22.3 Å². The fourth-order valence-electron chi connectivity index (χ4n) is 1.56. The Morgan fingerprint density at radius 1 is 1.13 bits per heavy atom. The molecule has 0 spiro atoms. The summed E-state index contributed by atoms with van der Waals surface area (Å²) in [7, 11) is 3.81. The molecule has 0 saturated heterocycles. The van der Waals surface area contributed by atoms with Gasteiger partial charge in [0.05, 0.1) is 0 Å². The normalized spacial score (nSPS) is 11.4. The molecule has 0 aliphatic heterocycles. The Kier molecular flexibility index (Phi) is 10.6. The molecule has 0 radical (unpaired) electrons. The van der Waals surface area contributed by atoms with Crippen LogP contribution in [0.1, 0.15) is 12.1 Å². The van der Waals surface area contributed by atoms with Crippen LogP contribution in [0.5, 0.6) is 0 Å². The van der Waals surface area contributed by atoms with E-state index in [1.165, 1.54) is 0 Å². The molecule has 1 heterocycles. The van der Waals surface area contributed by atoms with Gasteiger partial charge in [-0.3, -0.25) is 14.9 Å². The number of carbonyl (C=O) groups excluding carboxylic acids is 2. The summed E-state index contributed by atoms with van der Waals surface area (Å²) in [4.78, 5) is 33.7. The van der Waals surface area contributed by atoms with Crippen molar-refractivity contribution in [2.24, 2.45) is 0 Å². The molecule has 0 atom stereocenters. The number of nitrogens with zero attached hydrogens (tertiary/aromatic N) is 3. The van der Waals surface area contributed by atoms with Gasteiger partial charge < -0.3 is 15.3 Å².